The average molecular weight is 895 g/mol. The van der Waals surface area contributed by atoms with E-state index in [2.05, 4.69) is 114 Å². The third-order valence-electron chi connectivity index (χ3n) is 21.6. The minimum absolute atomic E-state index is 0.178. The van der Waals surface area contributed by atoms with Crippen LogP contribution in [-0.2, 0) is 9.47 Å². The van der Waals surface area contributed by atoms with Gasteiger partial charge in [0.05, 0.1) is 11.7 Å². The predicted molar refractivity (Wildman–Crippen MR) is 271 cm³/mol. The second-order valence-electron chi connectivity index (χ2n) is 27.0. The van der Waals surface area contributed by atoms with Gasteiger partial charge in [0.1, 0.15) is 23.7 Å². The van der Waals surface area contributed by atoms with Crippen molar-refractivity contribution in [1.82, 2.24) is 9.80 Å². The van der Waals surface area contributed by atoms with Crippen LogP contribution in [0, 0.1) is 75.9 Å². The average Bonchev–Trinajstić information content (AvgIpc) is 3.89. The molecule has 6 fully saturated rings. The molecule has 12 rings (SSSR count). The third kappa shape index (κ3) is 7.32. The Morgan fingerprint density at radius 2 is 1.32 bits per heavy atom. The molecule has 0 aromatic heterocycles. The molecule has 66 heavy (non-hydrogen) atoms. The van der Waals surface area contributed by atoms with Crippen LogP contribution in [0.15, 0.2) is 82.5 Å². The van der Waals surface area contributed by atoms with Crippen molar-refractivity contribution in [3.05, 3.63) is 82.5 Å². The third-order valence-corrected chi connectivity index (χ3v) is 21.6. The summed E-state index contributed by atoms with van der Waals surface area (Å²) in [5.41, 5.74) is 6.63. The van der Waals surface area contributed by atoms with Gasteiger partial charge in [0.2, 0.25) is 0 Å². The molecule has 10 aliphatic carbocycles. The molecular weight excluding hydrogens is 805 g/mol. The van der Waals surface area contributed by atoms with Crippen LogP contribution in [0.4, 0.5) is 0 Å². The summed E-state index contributed by atoms with van der Waals surface area (Å²) in [4.78, 5) is 6.47. The number of allylic oxidation sites excluding steroid dienone is 9. The lowest BCUT2D eigenvalue weighted by Gasteiger charge is -2.64. The molecule has 2 heterocycles. The topological polar surface area (TPSA) is 24.9 Å². The van der Waals surface area contributed by atoms with Crippen LogP contribution in [0.1, 0.15) is 184 Å². The SMILES string of the molecule is CC1CCCCC1N(C1=C2OC3C(C=CCC3C(C)(C)C)C2=CCC1)C1CCC2CCC3C4C(CCC1C24)CCC3N(C1C=CCCC1C)C1CCC=C2C3=C(OC21)C(C(C)(C)C)CC=C3. The molecule has 0 radical (unpaired) electrons. The van der Waals surface area contributed by atoms with Gasteiger partial charge in [0, 0.05) is 58.6 Å². The van der Waals surface area contributed by atoms with E-state index in [9.17, 15) is 0 Å². The maximum Gasteiger partial charge on any atom is 0.142 e. The summed E-state index contributed by atoms with van der Waals surface area (Å²) >= 11 is 0. The Morgan fingerprint density at radius 3 is 2.06 bits per heavy atom. The summed E-state index contributed by atoms with van der Waals surface area (Å²) < 4.78 is 15.0. The molecule has 0 aromatic rings. The van der Waals surface area contributed by atoms with Gasteiger partial charge in [-0.25, -0.2) is 0 Å². The summed E-state index contributed by atoms with van der Waals surface area (Å²) in [6, 6.07) is 2.94. The molecule has 12 aliphatic rings. The molecule has 0 aromatic carbocycles. The van der Waals surface area contributed by atoms with Gasteiger partial charge < -0.3 is 14.4 Å². The summed E-state index contributed by atoms with van der Waals surface area (Å²) in [7, 11) is 0. The number of hydrogen-bond acceptors (Lipinski definition) is 4. The highest BCUT2D eigenvalue weighted by atomic mass is 16.5. The molecule has 0 spiro atoms. The van der Waals surface area contributed by atoms with Crippen molar-refractivity contribution in [2.75, 3.05) is 0 Å². The lowest BCUT2D eigenvalue weighted by Crippen LogP contribution is -2.65. The summed E-state index contributed by atoms with van der Waals surface area (Å²) in [5.74, 6) is 10.8. The first-order valence-corrected chi connectivity index (χ1v) is 28.6. The maximum absolute atomic E-state index is 7.52. The predicted octanol–water partition coefficient (Wildman–Crippen LogP) is 15.1. The molecule has 1 saturated heterocycles. The number of fused-ring (bicyclic) bond motifs is 5. The van der Waals surface area contributed by atoms with Gasteiger partial charge in [-0.3, -0.25) is 4.90 Å². The molecule has 4 heteroatoms. The minimum atomic E-state index is 0.178. The van der Waals surface area contributed by atoms with E-state index in [-0.39, 0.29) is 23.0 Å². The molecule has 360 valence electrons. The first-order valence-electron chi connectivity index (χ1n) is 28.6. The Morgan fingerprint density at radius 1 is 0.591 bits per heavy atom. The van der Waals surface area contributed by atoms with Crippen molar-refractivity contribution in [1.29, 1.82) is 0 Å². The van der Waals surface area contributed by atoms with Crippen molar-refractivity contribution in [2.24, 2.45) is 75.9 Å². The van der Waals surface area contributed by atoms with Crippen molar-refractivity contribution >= 4 is 0 Å². The molecule has 4 nitrogen and oxygen atoms in total. The van der Waals surface area contributed by atoms with Crippen LogP contribution in [0.3, 0.4) is 0 Å². The molecule has 18 atom stereocenters. The van der Waals surface area contributed by atoms with Crippen molar-refractivity contribution in [3.8, 4) is 0 Å². The van der Waals surface area contributed by atoms with E-state index in [1.54, 1.807) is 11.3 Å². The fourth-order valence-corrected chi connectivity index (χ4v) is 18.6. The van der Waals surface area contributed by atoms with Crippen LogP contribution in [-0.4, -0.2) is 52.2 Å². The summed E-state index contributed by atoms with van der Waals surface area (Å²) in [6.07, 6.45) is 47.7. The molecule has 2 aliphatic heterocycles. The monoisotopic (exact) mass is 895 g/mol. The van der Waals surface area contributed by atoms with E-state index >= 15 is 0 Å². The first kappa shape index (κ1) is 44.7. The fraction of sp³-hybridized carbons (Fsp3) is 0.774. The van der Waals surface area contributed by atoms with Gasteiger partial charge >= 0.3 is 0 Å². The Labute approximate surface area is 402 Å². The lowest BCUT2D eigenvalue weighted by molar-refractivity contribution is -0.145. The summed E-state index contributed by atoms with van der Waals surface area (Å²) in [5, 5.41) is 0. The largest absolute Gasteiger partial charge is 0.487 e. The Hall–Kier alpha value is -2.46. The van der Waals surface area contributed by atoms with Crippen LogP contribution in [0.25, 0.3) is 0 Å². The Kier molecular flexibility index (Phi) is 11.6. The second kappa shape index (κ2) is 17.1. The number of nitrogens with zero attached hydrogens (tertiary/aromatic N) is 2. The van der Waals surface area contributed by atoms with Gasteiger partial charge in [0.15, 0.2) is 0 Å². The second-order valence-corrected chi connectivity index (χ2v) is 27.0. The van der Waals surface area contributed by atoms with E-state index in [4.69, 9.17) is 9.47 Å². The molecular formula is C62H90N2O2. The zero-order valence-electron chi connectivity index (χ0n) is 42.9. The van der Waals surface area contributed by atoms with Gasteiger partial charge in [-0.15, -0.1) is 0 Å². The van der Waals surface area contributed by atoms with Crippen LogP contribution in [0.2, 0.25) is 0 Å². The highest BCUT2D eigenvalue weighted by Gasteiger charge is 2.60. The van der Waals surface area contributed by atoms with Gasteiger partial charge in [-0.2, -0.15) is 0 Å². The van der Waals surface area contributed by atoms with E-state index in [0.717, 1.165) is 54.3 Å². The lowest BCUT2D eigenvalue weighted by atomic mass is 9.46. The van der Waals surface area contributed by atoms with Gasteiger partial charge in [-0.1, -0.05) is 117 Å². The van der Waals surface area contributed by atoms with Crippen molar-refractivity contribution < 1.29 is 9.47 Å². The zero-order valence-corrected chi connectivity index (χ0v) is 42.9. The quantitative estimate of drug-likeness (QED) is 0.248. The normalized spacial score (nSPS) is 44.9. The van der Waals surface area contributed by atoms with Crippen molar-refractivity contribution in [2.45, 2.75) is 226 Å². The molecule has 0 N–H and O–H groups in total. The standard InChI is InChI=1S/C62H90N2O2/c1-37-17-9-11-25-49(37)63(53-27-15-21-43-41-19-13-23-47(61(3,4)5)57(41)65-59(43)53)51-35-31-39-30-34-46-52(36-32-40-29-33-45(51)55(39)56(40)46)64(50-26-12-10-18-38(50)2)54-28-16-22-44-42-20-14-24-48(62(6,7)8)58(42)66-60(44)54/h11,13-14,19-22,25,37-40,42,45-53,55-56,58-59H,9-10,12,15-18,23-24,26-36H2,1-8H3. The van der Waals surface area contributed by atoms with Gasteiger partial charge in [0.25, 0.3) is 0 Å². The number of ether oxygens (including phenoxy) is 2. The highest BCUT2D eigenvalue weighted by Crippen LogP contribution is 2.63. The molecule has 0 amide bonds. The zero-order chi connectivity index (χ0) is 45.2. The molecule has 18 unspecified atom stereocenters. The number of hydrogen-bond donors (Lipinski definition) is 0. The maximum atomic E-state index is 7.52. The summed E-state index contributed by atoms with van der Waals surface area (Å²) in [6.45, 7) is 19.9. The van der Waals surface area contributed by atoms with E-state index in [0.29, 0.717) is 53.9 Å². The van der Waals surface area contributed by atoms with Crippen LogP contribution < -0.4 is 0 Å². The smallest absolute Gasteiger partial charge is 0.142 e. The van der Waals surface area contributed by atoms with E-state index in [1.165, 1.54) is 138 Å². The minimum Gasteiger partial charge on any atom is -0.487 e. The van der Waals surface area contributed by atoms with Crippen LogP contribution in [0.5, 0.6) is 0 Å². The van der Waals surface area contributed by atoms with Gasteiger partial charge in [-0.05, 0) is 174 Å². The molecule has 0 bridgehead atoms. The van der Waals surface area contributed by atoms with Crippen molar-refractivity contribution in [3.63, 3.8) is 0 Å². The van der Waals surface area contributed by atoms with E-state index < -0.39 is 0 Å². The fourth-order valence-electron chi connectivity index (χ4n) is 18.6. The highest BCUT2D eigenvalue weighted by molar-refractivity contribution is 5.52. The first-order chi connectivity index (χ1) is 31.9. The van der Waals surface area contributed by atoms with Crippen LogP contribution >= 0.6 is 0 Å². The Bertz CT molecular complexity index is 2080. The Balaban J connectivity index is 0.892. The number of rotatable bonds is 6. The van der Waals surface area contributed by atoms with E-state index in [1.807, 2.05) is 0 Å². The molecule has 5 saturated carbocycles.